The van der Waals surface area contributed by atoms with Crippen LogP contribution in [0.1, 0.15) is 69.4 Å². The lowest BCUT2D eigenvalue weighted by Crippen LogP contribution is -2.61. The van der Waals surface area contributed by atoms with Gasteiger partial charge in [-0.2, -0.15) is 0 Å². The van der Waals surface area contributed by atoms with Crippen molar-refractivity contribution < 1.29 is 23.4 Å². The fourth-order valence-electron chi connectivity index (χ4n) is 9.07. The van der Waals surface area contributed by atoms with E-state index in [1.54, 1.807) is 0 Å². The van der Waals surface area contributed by atoms with Crippen LogP contribution in [0.15, 0.2) is 77.2 Å². The molecule has 7 nitrogen and oxygen atoms in total. The minimum Gasteiger partial charge on any atom is -0.486 e. The summed E-state index contributed by atoms with van der Waals surface area (Å²) in [4.78, 5) is 4.79. The highest BCUT2D eigenvalue weighted by Crippen LogP contribution is 2.50. The second-order valence-corrected chi connectivity index (χ2v) is 17.7. The van der Waals surface area contributed by atoms with E-state index in [2.05, 4.69) is 139 Å². The van der Waals surface area contributed by atoms with Crippen molar-refractivity contribution in [3.05, 3.63) is 101 Å². The number of hydrogen-bond donors (Lipinski definition) is 0. The smallest absolute Gasteiger partial charge is 0.257 e. The Hall–Kier alpha value is -5.50. The summed E-state index contributed by atoms with van der Waals surface area (Å²) in [5.41, 5.74) is 15.9. The molecule has 4 aliphatic heterocycles. The molecule has 1 aromatic heterocycles. The van der Waals surface area contributed by atoms with Crippen LogP contribution in [0, 0.1) is 20.8 Å². The van der Waals surface area contributed by atoms with E-state index >= 15 is 0 Å². The Kier molecular flexibility index (Phi) is 7.27. The predicted molar refractivity (Wildman–Crippen MR) is 224 cm³/mol. The van der Waals surface area contributed by atoms with Crippen LogP contribution >= 0.6 is 0 Å². The first-order chi connectivity index (χ1) is 26.3. The first-order valence-corrected chi connectivity index (χ1v) is 19.5. The van der Waals surface area contributed by atoms with Crippen LogP contribution in [0.25, 0.3) is 11.0 Å². The van der Waals surface area contributed by atoms with Gasteiger partial charge < -0.3 is 28.3 Å². The molecular weight excluding hydrogens is 683 g/mol. The van der Waals surface area contributed by atoms with Gasteiger partial charge in [-0.3, -0.25) is 4.90 Å². The summed E-state index contributed by atoms with van der Waals surface area (Å²) < 4.78 is 31.9. The molecule has 0 saturated heterocycles. The van der Waals surface area contributed by atoms with Gasteiger partial charge in [-0.05, 0) is 113 Å². The Bertz CT molecular complexity index is 2570. The van der Waals surface area contributed by atoms with Crippen LogP contribution in [0.4, 0.5) is 34.3 Å². The van der Waals surface area contributed by atoms with Gasteiger partial charge in [-0.25, -0.2) is 0 Å². The molecule has 10 rings (SSSR count). The van der Waals surface area contributed by atoms with Gasteiger partial charge >= 0.3 is 0 Å². The largest absolute Gasteiger partial charge is 0.486 e. The van der Waals surface area contributed by atoms with Gasteiger partial charge in [0.1, 0.15) is 32.0 Å². The highest BCUT2D eigenvalue weighted by molar-refractivity contribution is 7.01. The first kappa shape index (κ1) is 34.0. The van der Waals surface area contributed by atoms with E-state index in [0.717, 1.165) is 84.8 Å². The zero-order chi connectivity index (χ0) is 38.1. The van der Waals surface area contributed by atoms with E-state index in [0.29, 0.717) is 26.4 Å². The monoisotopic (exact) mass is 730 g/mol. The fraction of sp³-hybridized carbons (Fsp3) is 0.319. The van der Waals surface area contributed by atoms with Crippen molar-refractivity contribution in [2.45, 2.75) is 73.1 Å². The van der Waals surface area contributed by atoms with Crippen LogP contribution in [0.3, 0.4) is 0 Å². The number of fused-ring (bicyclic) bond motifs is 8. The lowest BCUT2D eigenvalue weighted by molar-refractivity contribution is 0.171. The molecule has 0 radical (unpaired) electrons. The lowest BCUT2D eigenvalue weighted by Gasteiger charge is -2.43. The maximum atomic E-state index is 7.15. The fourth-order valence-corrected chi connectivity index (χ4v) is 9.07. The summed E-state index contributed by atoms with van der Waals surface area (Å²) in [6, 6.07) is 26.8. The molecule has 0 bridgehead atoms. The van der Waals surface area contributed by atoms with Crippen molar-refractivity contribution in [1.82, 2.24) is 0 Å². The molecule has 0 amide bonds. The Labute approximate surface area is 323 Å². The van der Waals surface area contributed by atoms with Crippen molar-refractivity contribution >= 4 is 68.4 Å². The van der Waals surface area contributed by atoms with Gasteiger partial charge in [0.15, 0.2) is 23.0 Å². The number of furan rings is 1. The third-order valence-corrected chi connectivity index (χ3v) is 11.7. The molecule has 8 heteroatoms. The SMILES string of the molecule is Cc1cc2c3c(c1)N(c1c(C)cc(C(C)(C)C)cc1C)c1oc4ccc(C(C)(C)C)cc4c1B3c1cc3c(cc1N2c1ccc2c(c1)OCCO2)OCCO3. The normalized spacial score (nSPS) is 15.5. The average Bonchev–Trinajstić information content (AvgIpc) is 3.52. The number of anilines is 6. The molecule has 5 aromatic carbocycles. The number of nitrogens with zero attached hydrogens (tertiary/aromatic N) is 2. The van der Waals surface area contributed by atoms with Crippen LogP contribution in [-0.2, 0) is 10.8 Å². The van der Waals surface area contributed by atoms with Crippen molar-refractivity contribution in [3.8, 4) is 23.0 Å². The van der Waals surface area contributed by atoms with Crippen LogP contribution in [-0.4, -0.2) is 33.1 Å². The standard InChI is InChI=1S/C47H47BN2O5/c1-26-18-35-43-36(19-26)50(44-27(2)20-30(21-28(44)3)47(7,8)9)45-42(32-22-29(46(4,5)6)10-12-37(32)55-45)48(43)33-24-40-41(54-17-16-53-40)25-34(33)49(35)31-11-13-38-39(23-31)52-15-14-51-38/h10-13,18-25H,14-17H2,1-9H3. The van der Waals surface area contributed by atoms with Gasteiger partial charge in [0, 0.05) is 40.0 Å². The van der Waals surface area contributed by atoms with Gasteiger partial charge in [0.05, 0.1) is 11.4 Å². The van der Waals surface area contributed by atoms with Crippen molar-refractivity contribution in [2.75, 3.05) is 36.2 Å². The zero-order valence-electron chi connectivity index (χ0n) is 33.3. The van der Waals surface area contributed by atoms with Crippen LogP contribution in [0.5, 0.6) is 23.0 Å². The molecule has 0 fully saturated rings. The van der Waals surface area contributed by atoms with Gasteiger partial charge in [0.25, 0.3) is 6.71 Å². The van der Waals surface area contributed by atoms with Crippen LogP contribution in [0.2, 0.25) is 0 Å². The van der Waals surface area contributed by atoms with E-state index < -0.39 is 0 Å². The van der Waals surface area contributed by atoms with E-state index in [1.807, 2.05) is 6.07 Å². The topological polar surface area (TPSA) is 56.5 Å². The number of rotatable bonds is 2. The molecule has 278 valence electrons. The zero-order valence-corrected chi connectivity index (χ0v) is 33.3. The van der Waals surface area contributed by atoms with Gasteiger partial charge in [-0.1, -0.05) is 59.7 Å². The minimum atomic E-state index is -0.151. The number of hydrogen-bond acceptors (Lipinski definition) is 7. The van der Waals surface area contributed by atoms with Crippen molar-refractivity contribution in [2.24, 2.45) is 0 Å². The van der Waals surface area contributed by atoms with Gasteiger partial charge in [-0.15, -0.1) is 0 Å². The highest BCUT2D eigenvalue weighted by atomic mass is 16.6. The summed E-state index contributed by atoms with van der Waals surface area (Å²) >= 11 is 0. The Morgan fingerprint density at radius 3 is 1.80 bits per heavy atom. The third kappa shape index (κ3) is 5.17. The maximum absolute atomic E-state index is 7.15. The quantitative estimate of drug-likeness (QED) is 0.164. The Balaban J connectivity index is 1.33. The van der Waals surface area contributed by atoms with E-state index in [1.165, 1.54) is 27.7 Å². The molecule has 0 aliphatic carbocycles. The average molecular weight is 731 g/mol. The lowest BCUT2D eigenvalue weighted by atomic mass is 9.33. The second-order valence-electron chi connectivity index (χ2n) is 17.7. The second kappa shape index (κ2) is 11.8. The summed E-state index contributed by atoms with van der Waals surface area (Å²) in [5, 5.41) is 1.13. The van der Waals surface area contributed by atoms with E-state index in [9.17, 15) is 0 Å². The molecule has 0 saturated carbocycles. The molecule has 0 atom stereocenters. The Morgan fingerprint density at radius 1 is 0.545 bits per heavy atom. The van der Waals surface area contributed by atoms with Crippen LogP contribution < -0.4 is 45.1 Å². The molecule has 0 spiro atoms. The molecule has 5 heterocycles. The third-order valence-electron chi connectivity index (χ3n) is 11.7. The Morgan fingerprint density at radius 2 is 1.15 bits per heavy atom. The number of benzene rings is 5. The van der Waals surface area contributed by atoms with E-state index in [-0.39, 0.29) is 17.5 Å². The predicted octanol–water partition coefficient (Wildman–Crippen LogP) is 9.58. The molecule has 0 N–H and O–H groups in total. The molecular formula is C47H47BN2O5. The first-order valence-electron chi connectivity index (χ1n) is 19.5. The summed E-state index contributed by atoms with van der Waals surface area (Å²) in [5.74, 6) is 3.88. The molecule has 6 aromatic rings. The van der Waals surface area contributed by atoms with Crippen molar-refractivity contribution in [3.63, 3.8) is 0 Å². The number of ether oxygens (including phenoxy) is 4. The summed E-state index contributed by atoms with van der Waals surface area (Å²) in [6.07, 6.45) is 0. The molecule has 55 heavy (non-hydrogen) atoms. The highest BCUT2D eigenvalue weighted by Gasteiger charge is 2.47. The maximum Gasteiger partial charge on any atom is 0.257 e. The minimum absolute atomic E-state index is 0.0101. The summed E-state index contributed by atoms with van der Waals surface area (Å²) in [7, 11) is 0. The molecule has 0 unspecified atom stereocenters. The van der Waals surface area contributed by atoms with E-state index in [4.69, 9.17) is 23.4 Å². The van der Waals surface area contributed by atoms with Crippen molar-refractivity contribution in [1.29, 1.82) is 0 Å². The van der Waals surface area contributed by atoms with Gasteiger partial charge in [0.2, 0.25) is 5.88 Å². The molecule has 4 aliphatic rings. The summed E-state index contributed by atoms with van der Waals surface area (Å²) in [6.45, 7) is 22.3. The number of aryl methyl sites for hydroxylation is 3.